The number of carbonyl (C=O) groups is 2. The lowest BCUT2D eigenvalue weighted by molar-refractivity contribution is -0.143. The van der Waals surface area contributed by atoms with Crippen molar-refractivity contribution in [2.75, 3.05) is 43.5 Å². The van der Waals surface area contributed by atoms with Crippen molar-refractivity contribution in [2.24, 2.45) is 5.92 Å². The molecule has 2 aliphatic rings. The topological polar surface area (TPSA) is 87.7 Å². The molecule has 8 nitrogen and oxygen atoms in total. The molecule has 0 radical (unpaired) electrons. The fraction of sp³-hybridized carbons (Fsp3) is 0.379. The summed E-state index contributed by atoms with van der Waals surface area (Å²) in [4.78, 5) is 29.9. The molecular weight excluding hydrogens is 466 g/mol. The predicted molar refractivity (Wildman–Crippen MR) is 142 cm³/mol. The molecule has 2 aliphatic heterocycles. The van der Waals surface area contributed by atoms with Crippen LogP contribution in [0.5, 0.6) is 0 Å². The van der Waals surface area contributed by atoms with E-state index in [9.17, 15) is 9.59 Å². The van der Waals surface area contributed by atoms with E-state index in [1.54, 1.807) is 13.3 Å². The lowest BCUT2D eigenvalue weighted by Gasteiger charge is -2.34. The molecule has 0 aliphatic carbocycles. The Hall–Kier alpha value is -3.78. The molecule has 1 aromatic heterocycles. The average Bonchev–Trinajstić information content (AvgIpc) is 3.46. The van der Waals surface area contributed by atoms with Crippen molar-refractivity contribution in [1.82, 2.24) is 15.1 Å². The molecule has 3 heterocycles. The molecule has 2 atom stereocenters. The Balaban J connectivity index is 1.12. The molecule has 2 amide bonds. The molecule has 5 rings (SSSR count). The quantitative estimate of drug-likeness (QED) is 0.528. The highest BCUT2D eigenvalue weighted by molar-refractivity contribution is 5.93. The molecule has 1 unspecified atom stereocenters. The first kappa shape index (κ1) is 24.9. The van der Waals surface area contributed by atoms with Crippen molar-refractivity contribution in [3.05, 3.63) is 84.1 Å². The van der Waals surface area contributed by atoms with Gasteiger partial charge in [-0.25, -0.2) is 0 Å². The number of hydrogen-bond acceptors (Lipinski definition) is 6. The fourth-order valence-electron chi connectivity index (χ4n) is 5.33. The van der Waals surface area contributed by atoms with Crippen LogP contribution in [0.3, 0.4) is 0 Å². The number of nitrogens with zero attached hydrogens (tertiary/aromatic N) is 4. The Labute approximate surface area is 217 Å². The highest BCUT2D eigenvalue weighted by atomic mass is 16.5. The number of nitrogens with one attached hydrogen (secondary N) is 1. The number of anilines is 2. The Kier molecular flexibility index (Phi) is 7.75. The third kappa shape index (κ3) is 5.80. The first-order chi connectivity index (χ1) is 18.1. The monoisotopic (exact) mass is 499 g/mol. The molecule has 2 saturated heterocycles. The van der Waals surface area contributed by atoms with Gasteiger partial charge in [0.2, 0.25) is 5.91 Å². The van der Waals surface area contributed by atoms with E-state index in [1.165, 1.54) is 5.56 Å². The van der Waals surface area contributed by atoms with Crippen molar-refractivity contribution in [1.29, 1.82) is 0 Å². The zero-order valence-corrected chi connectivity index (χ0v) is 21.1. The van der Waals surface area contributed by atoms with Gasteiger partial charge in [-0.3, -0.25) is 9.59 Å². The van der Waals surface area contributed by atoms with Crippen LogP contribution in [0.1, 0.15) is 42.4 Å². The summed E-state index contributed by atoms with van der Waals surface area (Å²) in [5.74, 6) is 1.19. The number of hydrogen-bond donors (Lipinski definition) is 1. The average molecular weight is 500 g/mol. The van der Waals surface area contributed by atoms with Gasteiger partial charge in [0.05, 0.1) is 5.92 Å². The van der Waals surface area contributed by atoms with Crippen LogP contribution in [0.2, 0.25) is 0 Å². The molecule has 1 N–H and O–H groups in total. The van der Waals surface area contributed by atoms with E-state index in [-0.39, 0.29) is 17.7 Å². The number of rotatable bonds is 7. The van der Waals surface area contributed by atoms with Crippen LogP contribution < -0.4 is 10.2 Å². The van der Waals surface area contributed by atoms with Crippen LogP contribution in [0.4, 0.5) is 11.5 Å². The van der Waals surface area contributed by atoms with E-state index in [1.807, 2.05) is 59.5 Å². The van der Waals surface area contributed by atoms with E-state index in [0.29, 0.717) is 25.6 Å². The van der Waals surface area contributed by atoms with Gasteiger partial charge in [0.15, 0.2) is 11.9 Å². The highest BCUT2D eigenvalue weighted by Gasteiger charge is 2.31. The summed E-state index contributed by atoms with van der Waals surface area (Å²) in [6, 6.07) is 21.6. The number of ether oxygens (including phenoxy) is 1. The summed E-state index contributed by atoms with van der Waals surface area (Å²) < 4.78 is 5.54. The predicted octanol–water partition coefficient (Wildman–Crippen LogP) is 4.04. The molecule has 37 heavy (non-hydrogen) atoms. The van der Waals surface area contributed by atoms with Crippen LogP contribution >= 0.6 is 0 Å². The lowest BCUT2D eigenvalue weighted by atomic mass is 9.89. The number of aromatic nitrogens is 2. The maximum absolute atomic E-state index is 13.1. The smallest absolute Gasteiger partial charge is 0.256 e. The Morgan fingerprint density at radius 2 is 1.70 bits per heavy atom. The summed E-state index contributed by atoms with van der Waals surface area (Å²) in [7, 11) is 1.59. The van der Waals surface area contributed by atoms with E-state index in [0.717, 1.165) is 42.9 Å². The van der Waals surface area contributed by atoms with Gasteiger partial charge in [0, 0.05) is 45.2 Å². The SMILES string of the molecule is CO[C@@H](C(=O)N1CCC(c2ccc(NC(=O)C3CCN(c4cccnn4)C3)cc2)CC1)c1ccccc1. The Bertz CT molecular complexity index is 1180. The molecule has 2 aromatic carbocycles. The zero-order chi connectivity index (χ0) is 25.6. The summed E-state index contributed by atoms with van der Waals surface area (Å²) in [5, 5.41) is 11.2. The van der Waals surface area contributed by atoms with Gasteiger partial charge in [-0.15, -0.1) is 5.10 Å². The van der Waals surface area contributed by atoms with Gasteiger partial charge < -0.3 is 19.9 Å². The summed E-state index contributed by atoms with van der Waals surface area (Å²) in [6.07, 6.45) is 3.70. The molecule has 3 aromatic rings. The van der Waals surface area contributed by atoms with Gasteiger partial charge in [0.25, 0.3) is 5.91 Å². The largest absolute Gasteiger partial charge is 0.367 e. The van der Waals surface area contributed by atoms with E-state index in [4.69, 9.17) is 4.74 Å². The number of piperidine rings is 1. The second kappa shape index (κ2) is 11.5. The maximum Gasteiger partial charge on any atom is 0.256 e. The van der Waals surface area contributed by atoms with Crippen molar-refractivity contribution in [3.8, 4) is 0 Å². The summed E-state index contributed by atoms with van der Waals surface area (Å²) in [6.45, 7) is 2.86. The van der Waals surface area contributed by atoms with Gasteiger partial charge >= 0.3 is 0 Å². The maximum atomic E-state index is 13.1. The van der Waals surface area contributed by atoms with Crippen molar-refractivity contribution in [2.45, 2.75) is 31.3 Å². The minimum Gasteiger partial charge on any atom is -0.367 e. The van der Waals surface area contributed by atoms with Gasteiger partial charge in [0.1, 0.15) is 0 Å². The Morgan fingerprint density at radius 3 is 2.38 bits per heavy atom. The van der Waals surface area contributed by atoms with Crippen molar-refractivity contribution in [3.63, 3.8) is 0 Å². The molecule has 0 spiro atoms. The second-order valence-electron chi connectivity index (χ2n) is 9.75. The molecule has 0 saturated carbocycles. The molecular formula is C29H33N5O3. The van der Waals surface area contributed by atoms with E-state index >= 15 is 0 Å². The minimum absolute atomic E-state index is 0.0231. The molecule has 192 valence electrons. The van der Waals surface area contributed by atoms with Crippen molar-refractivity contribution >= 4 is 23.3 Å². The standard InChI is InChI=1S/C29H33N5O3/c1-37-27(23-6-3-2-4-7-23)29(36)33-17-13-22(14-18-33)21-9-11-25(12-10-21)31-28(35)24-15-19-34(20-24)26-8-5-16-30-32-26/h2-12,16,22,24,27H,13-15,17-20H2,1H3,(H,31,35)/t24?,27-/m1/s1. The van der Waals surface area contributed by atoms with Gasteiger partial charge in [-0.1, -0.05) is 42.5 Å². The molecule has 0 bridgehead atoms. The van der Waals surface area contributed by atoms with Crippen molar-refractivity contribution < 1.29 is 14.3 Å². The Morgan fingerprint density at radius 1 is 0.946 bits per heavy atom. The summed E-state index contributed by atoms with van der Waals surface area (Å²) >= 11 is 0. The van der Waals surface area contributed by atoms with Gasteiger partial charge in [-0.05, 0) is 60.6 Å². The summed E-state index contributed by atoms with van der Waals surface area (Å²) in [5.41, 5.74) is 2.94. The molecule has 8 heteroatoms. The van der Waals surface area contributed by atoms with Crippen LogP contribution in [-0.2, 0) is 14.3 Å². The normalized spacial score (nSPS) is 19.0. The third-order valence-corrected chi connectivity index (χ3v) is 7.46. The fourth-order valence-corrected chi connectivity index (χ4v) is 5.33. The van der Waals surface area contributed by atoms with E-state index in [2.05, 4.69) is 32.5 Å². The number of amides is 2. The van der Waals surface area contributed by atoms with Gasteiger partial charge in [-0.2, -0.15) is 5.10 Å². The second-order valence-corrected chi connectivity index (χ2v) is 9.75. The first-order valence-electron chi connectivity index (χ1n) is 12.9. The number of carbonyl (C=O) groups excluding carboxylic acids is 2. The first-order valence-corrected chi connectivity index (χ1v) is 12.9. The number of methoxy groups -OCH3 is 1. The van der Waals surface area contributed by atoms with Crippen LogP contribution in [0.15, 0.2) is 72.9 Å². The van der Waals surface area contributed by atoms with Crippen LogP contribution in [-0.4, -0.2) is 60.2 Å². The van der Waals surface area contributed by atoms with Crippen LogP contribution in [0, 0.1) is 5.92 Å². The highest BCUT2D eigenvalue weighted by Crippen LogP contribution is 2.31. The lowest BCUT2D eigenvalue weighted by Crippen LogP contribution is -2.41. The zero-order valence-electron chi connectivity index (χ0n) is 21.1. The minimum atomic E-state index is -0.562. The van der Waals surface area contributed by atoms with E-state index < -0.39 is 6.10 Å². The van der Waals surface area contributed by atoms with Crippen LogP contribution in [0.25, 0.3) is 0 Å². The number of benzene rings is 2. The molecule has 2 fully saturated rings. The number of likely N-dealkylation sites (tertiary alicyclic amines) is 1. The third-order valence-electron chi connectivity index (χ3n) is 7.46.